The van der Waals surface area contributed by atoms with Gasteiger partial charge in [-0.25, -0.2) is 9.78 Å². The summed E-state index contributed by atoms with van der Waals surface area (Å²) in [6, 6.07) is 3.83. The first-order valence-corrected chi connectivity index (χ1v) is 7.41. The van der Waals surface area contributed by atoms with Crippen molar-refractivity contribution in [2.75, 3.05) is 13.1 Å². The molecule has 0 N–H and O–H groups in total. The molecule has 1 aliphatic heterocycles. The van der Waals surface area contributed by atoms with Crippen LogP contribution in [0.15, 0.2) is 18.3 Å². The molecule has 1 amide bonds. The maximum atomic E-state index is 12.1. The first-order valence-electron chi connectivity index (χ1n) is 7.41. The third-order valence-electron chi connectivity index (χ3n) is 3.20. The van der Waals surface area contributed by atoms with Crippen LogP contribution in [0.2, 0.25) is 0 Å². The van der Waals surface area contributed by atoms with E-state index in [9.17, 15) is 4.79 Å². The average Bonchev–Trinajstić information content (AvgIpc) is 2.40. The van der Waals surface area contributed by atoms with E-state index in [0.717, 1.165) is 24.9 Å². The Bertz CT molecular complexity index is 479. The molecule has 5 heteroatoms. The molecule has 0 aliphatic carbocycles. The number of ether oxygens (including phenoxy) is 2. The number of nitrogens with zero attached hydrogens (tertiary/aromatic N) is 2. The summed E-state index contributed by atoms with van der Waals surface area (Å²) in [5.74, 6) is 0.608. The van der Waals surface area contributed by atoms with E-state index in [1.807, 2.05) is 39.8 Å². The molecule has 0 bridgehead atoms. The first-order chi connectivity index (χ1) is 9.83. The third kappa shape index (κ3) is 4.92. The van der Waals surface area contributed by atoms with Crippen molar-refractivity contribution in [3.8, 4) is 5.88 Å². The molecule has 1 fully saturated rings. The fourth-order valence-electron chi connectivity index (χ4n) is 2.22. The van der Waals surface area contributed by atoms with Crippen molar-refractivity contribution in [2.45, 2.75) is 52.2 Å². The number of aryl methyl sites for hydroxylation is 1. The van der Waals surface area contributed by atoms with Crippen LogP contribution >= 0.6 is 0 Å². The highest BCUT2D eigenvalue weighted by molar-refractivity contribution is 5.68. The Labute approximate surface area is 126 Å². The van der Waals surface area contributed by atoms with Crippen molar-refractivity contribution in [3.63, 3.8) is 0 Å². The summed E-state index contributed by atoms with van der Waals surface area (Å²) < 4.78 is 11.3. The smallest absolute Gasteiger partial charge is 0.410 e. The fourth-order valence-corrected chi connectivity index (χ4v) is 2.22. The van der Waals surface area contributed by atoms with Crippen LogP contribution < -0.4 is 4.74 Å². The van der Waals surface area contributed by atoms with Gasteiger partial charge in [-0.1, -0.05) is 6.07 Å². The lowest BCUT2D eigenvalue weighted by atomic mass is 10.1. The van der Waals surface area contributed by atoms with Crippen molar-refractivity contribution >= 4 is 6.09 Å². The topological polar surface area (TPSA) is 51.7 Å². The SMILES string of the molecule is Cc1ccc(O[C@@H]2CCCN(C(=O)OC(C)(C)C)C2)nc1. The minimum absolute atomic E-state index is 0.0264. The highest BCUT2D eigenvalue weighted by Crippen LogP contribution is 2.19. The Morgan fingerprint density at radius 1 is 1.38 bits per heavy atom. The number of piperidine rings is 1. The van der Waals surface area contributed by atoms with Gasteiger partial charge in [-0.15, -0.1) is 0 Å². The molecule has 1 atom stereocenters. The van der Waals surface area contributed by atoms with E-state index in [-0.39, 0.29) is 12.2 Å². The van der Waals surface area contributed by atoms with Crippen LogP contribution in [0.4, 0.5) is 4.79 Å². The number of rotatable bonds is 2. The first kappa shape index (κ1) is 15.6. The molecular weight excluding hydrogens is 268 g/mol. The summed E-state index contributed by atoms with van der Waals surface area (Å²) in [4.78, 5) is 18.0. The maximum absolute atomic E-state index is 12.1. The van der Waals surface area contributed by atoms with Crippen molar-refractivity contribution < 1.29 is 14.3 Å². The number of carbonyl (C=O) groups is 1. The predicted molar refractivity (Wildman–Crippen MR) is 80.4 cm³/mol. The molecule has 1 aliphatic rings. The predicted octanol–water partition coefficient (Wildman–Crippen LogP) is 3.17. The molecule has 0 saturated carbocycles. The van der Waals surface area contributed by atoms with E-state index in [0.29, 0.717) is 12.4 Å². The van der Waals surface area contributed by atoms with Gasteiger partial charge in [0, 0.05) is 18.8 Å². The van der Waals surface area contributed by atoms with Crippen molar-refractivity contribution in [2.24, 2.45) is 0 Å². The lowest BCUT2D eigenvalue weighted by Crippen LogP contribution is -2.46. The summed E-state index contributed by atoms with van der Waals surface area (Å²) in [6.45, 7) is 8.87. The molecule has 21 heavy (non-hydrogen) atoms. The second kappa shape index (κ2) is 6.33. The van der Waals surface area contributed by atoms with Crippen LogP contribution in [0.25, 0.3) is 0 Å². The zero-order valence-electron chi connectivity index (χ0n) is 13.3. The lowest BCUT2D eigenvalue weighted by molar-refractivity contribution is 0.00722. The van der Waals surface area contributed by atoms with Crippen LogP contribution in [0.5, 0.6) is 5.88 Å². The zero-order valence-corrected chi connectivity index (χ0v) is 13.3. The Morgan fingerprint density at radius 3 is 2.76 bits per heavy atom. The minimum atomic E-state index is -0.469. The van der Waals surface area contributed by atoms with Gasteiger partial charge < -0.3 is 14.4 Å². The standard InChI is InChI=1S/C16H24N2O3/c1-12-7-8-14(17-10-12)20-13-6-5-9-18(11-13)15(19)21-16(2,3)4/h7-8,10,13H,5-6,9,11H2,1-4H3/t13-/m1/s1. The van der Waals surface area contributed by atoms with Crippen molar-refractivity contribution in [1.82, 2.24) is 9.88 Å². The largest absolute Gasteiger partial charge is 0.472 e. The van der Waals surface area contributed by atoms with Crippen LogP contribution in [0, 0.1) is 6.92 Å². The molecule has 0 radical (unpaired) electrons. The van der Waals surface area contributed by atoms with Crippen LogP contribution in [-0.2, 0) is 4.74 Å². The van der Waals surface area contributed by atoms with Gasteiger partial charge in [-0.05, 0) is 46.1 Å². The van der Waals surface area contributed by atoms with E-state index in [4.69, 9.17) is 9.47 Å². The molecule has 1 saturated heterocycles. The normalized spacial score (nSPS) is 19.2. The van der Waals surface area contributed by atoms with Gasteiger partial charge in [0.1, 0.15) is 11.7 Å². The summed E-state index contributed by atoms with van der Waals surface area (Å²) >= 11 is 0. The lowest BCUT2D eigenvalue weighted by Gasteiger charge is -2.33. The Balaban J connectivity index is 1.91. The molecular formula is C16H24N2O3. The highest BCUT2D eigenvalue weighted by Gasteiger charge is 2.28. The van der Waals surface area contributed by atoms with Crippen LogP contribution in [0.3, 0.4) is 0 Å². The van der Waals surface area contributed by atoms with Crippen molar-refractivity contribution in [3.05, 3.63) is 23.9 Å². The van der Waals surface area contributed by atoms with Gasteiger partial charge in [-0.3, -0.25) is 0 Å². The molecule has 0 spiro atoms. The molecule has 1 aromatic rings. The molecule has 2 rings (SSSR count). The Kier molecular flexibility index (Phi) is 4.70. The quantitative estimate of drug-likeness (QED) is 0.840. The second-order valence-electron chi connectivity index (χ2n) is 6.48. The zero-order chi connectivity index (χ0) is 15.5. The Hall–Kier alpha value is -1.78. The van der Waals surface area contributed by atoms with E-state index in [1.165, 1.54) is 0 Å². The molecule has 116 valence electrons. The number of likely N-dealkylation sites (tertiary alicyclic amines) is 1. The molecule has 1 aromatic heterocycles. The molecule has 0 aromatic carbocycles. The van der Waals surface area contributed by atoms with Gasteiger partial charge in [0.05, 0.1) is 6.54 Å². The van der Waals surface area contributed by atoms with Gasteiger partial charge >= 0.3 is 6.09 Å². The highest BCUT2D eigenvalue weighted by atomic mass is 16.6. The molecule has 5 nitrogen and oxygen atoms in total. The number of hydrogen-bond acceptors (Lipinski definition) is 4. The second-order valence-corrected chi connectivity index (χ2v) is 6.48. The number of carbonyl (C=O) groups excluding carboxylic acids is 1. The fraction of sp³-hybridized carbons (Fsp3) is 0.625. The maximum Gasteiger partial charge on any atom is 0.410 e. The molecule has 2 heterocycles. The van der Waals surface area contributed by atoms with E-state index in [2.05, 4.69) is 4.98 Å². The van der Waals surface area contributed by atoms with Gasteiger partial charge in [0.2, 0.25) is 5.88 Å². The van der Waals surface area contributed by atoms with Gasteiger partial charge in [0.25, 0.3) is 0 Å². The van der Waals surface area contributed by atoms with Crippen LogP contribution in [0.1, 0.15) is 39.2 Å². The number of pyridine rings is 1. The monoisotopic (exact) mass is 292 g/mol. The Morgan fingerprint density at radius 2 is 2.14 bits per heavy atom. The molecule has 0 unspecified atom stereocenters. The summed E-state index contributed by atoms with van der Waals surface area (Å²) in [6.07, 6.45) is 3.32. The van der Waals surface area contributed by atoms with E-state index in [1.54, 1.807) is 11.1 Å². The third-order valence-corrected chi connectivity index (χ3v) is 3.20. The van der Waals surface area contributed by atoms with E-state index >= 15 is 0 Å². The summed E-state index contributed by atoms with van der Waals surface area (Å²) in [5.41, 5.74) is 0.630. The summed E-state index contributed by atoms with van der Waals surface area (Å²) in [5, 5.41) is 0. The average molecular weight is 292 g/mol. The van der Waals surface area contributed by atoms with Gasteiger partial charge in [-0.2, -0.15) is 0 Å². The number of hydrogen-bond donors (Lipinski definition) is 0. The summed E-state index contributed by atoms with van der Waals surface area (Å²) in [7, 11) is 0. The number of amides is 1. The van der Waals surface area contributed by atoms with Crippen LogP contribution in [-0.4, -0.2) is 40.8 Å². The number of aromatic nitrogens is 1. The van der Waals surface area contributed by atoms with Gasteiger partial charge in [0.15, 0.2) is 0 Å². The van der Waals surface area contributed by atoms with E-state index < -0.39 is 5.60 Å². The minimum Gasteiger partial charge on any atom is -0.472 e. The van der Waals surface area contributed by atoms with Crippen molar-refractivity contribution in [1.29, 1.82) is 0 Å².